The van der Waals surface area contributed by atoms with E-state index in [4.69, 9.17) is 39.5 Å². The van der Waals surface area contributed by atoms with Crippen LogP contribution in [0.5, 0.6) is 0 Å². The van der Waals surface area contributed by atoms with Crippen molar-refractivity contribution in [1.82, 2.24) is 10.3 Å². The van der Waals surface area contributed by atoms with Crippen LogP contribution in [0.1, 0.15) is 39.4 Å². The van der Waals surface area contributed by atoms with Crippen molar-refractivity contribution in [3.8, 4) is 0 Å². The highest BCUT2D eigenvalue weighted by Crippen LogP contribution is 2.35. The van der Waals surface area contributed by atoms with E-state index in [1.807, 2.05) is 5.32 Å². The lowest BCUT2D eigenvalue weighted by molar-refractivity contribution is -0.155. The molecule has 3 aromatic rings. The van der Waals surface area contributed by atoms with E-state index >= 15 is 0 Å². The summed E-state index contributed by atoms with van der Waals surface area (Å²) in [6, 6.07) is 5.16. The molecule has 0 fully saturated rings. The number of carbonyl (C=O) groups excluding carboxylic acids is 2. The van der Waals surface area contributed by atoms with Crippen molar-refractivity contribution in [3.05, 3.63) is 68.3 Å². The highest BCUT2D eigenvalue weighted by atomic mass is 35.5. The van der Waals surface area contributed by atoms with Crippen LogP contribution in [-0.2, 0) is 4.74 Å². The van der Waals surface area contributed by atoms with Gasteiger partial charge in [0.05, 0.1) is 17.2 Å². The maximum absolute atomic E-state index is 13.6. The SMILES string of the molecule is CCOC(=O)c1cc2cc(C(=O)NC(c3cc(Cl)cc(Cl)c3)C(F)(F)F)[nH]c2cc1Cl. The van der Waals surface area contributed by atoms with Gasteiger partial charge in [0.1, 0.15) is 5.69 Å². The molecule has 1 aromatic heterocycles. The van der Waals surface area contributed by atoms with Crippen molar-refractivity contribution in [2.24, 2.45) is 0 Å². The Hall–Kier alpha value is -2.42. The van der Waals surface area contributed by atoms with Gasteiger partial charge in [0.2, 0.25) is 0 Å². The maximum Gasteiger partial charge on any atom is 0.412 e. The Bertz CT molecular complexity index is 1140. The number of esters is 1. The lowest BCUT2D eigenvalue weighted by Crippen LogP contribution is -2.38. The number of aromatic nitrogens is 1. The van der Waals surface area contributed by atoms with Crippen molar-refractivity contribution in [1.29, 1.82) is 0 Å². The van der Waals surface area contributed by atoms with Crippen LogP contribution in [-0.4, -0.2) is 29.6 Å². The molecule has 0 saturated carbocycles. The lowest BCUT2D eigenvalue weighted by Gasteiger charge is -2.22. The van der Waals surface area contributed by atoms with E-state index in [9.17, 15) is 22.8 Å². The number of carbonyl (C=O) groups is 2. The van der Waals surface area contributed by atoms with Crippen molar-refractivity contribution in [2.75, 3.05) is 6.61 Å². The second-order valence-corrected chi connectivity index (χ2v) is 7.75. The molecule has 1 amide bonds. The number of ether oxygens (including phenoxy) is 1. The Morgan fingerprint density at radius 1 is 1.06 bits per heavy atom. The van der Waals surface area contributed by atoms with Gasteiger partial charge < -0.3 is 15.0 Å². The van der Waals surface area contributed by atoms with E-state index in [-0.39, 0.29) is 38.5 Å². The molecule has 2 aromatic carbocycles. The third kappa shape index (κ3) is 5.26. The number of amides is 1. The van der Waals surface area contributed by atoms with Gasteiger partial charge in [0.15, 0.2) is 6.04 Å². The fourth-order valence-electron chi connectivity index (χ4n) is 2.95. The van der Waals surface area contributed by atoms with Crippen molar-refractivity contribution in [2.45, 2.75) is 19.1 Å². The zero-order chi connectivity index (χ0) is 22.9. The molecule has 11 heteroatoms. The largest absolute Gasteiger partial charge is 0.462 e. The third-order valence-corrected chi connectivity index (χ3v) is 5.02. The second-order valence-electron chi connectivity index (χ2n) is 6.47. The molecule has 2 N–H and O–H groups in total. The van der Waals surface area contributed by atoms with E-state index < -0.39 is 24.1 Å². The first-order valence-electron chi connectivity index (χ1n) is 8.82. The fraction of sp³-hybridized carbons (Fsp3) is 0.200. The molecule has 0 bridgehead atoms. The van der Waals surface area contributed by atoms with Gasteiger partial charge in [-0.15, -0.1) is 0 Å². The minimum atomic E-state index is -4.81. The quantitative estimate of drug-likeness (QED) is 0.408. The summed E-state index contributed by atoms with van der Waals surface area (Å²) in [5.41, 5.74) is -0.0437. The first kappa shape index (κ1) is 23.2. The van der Waals surface area contributed by atoms with Gasteiger partial charge in [0.25, 0.3) is 5.91 Å². The average Bonchev–Trinajstić information content (AvgIpc) is 3.06. The molecule has 1 unspecified atom stereocenters. The zero-order valence-corrected chi connectivity index (χ0v) is 18.0. The molecule has 0 spiro atoms. The first-order valence-corrected chi connectivity index (χ1v) is 9.96. The van der Waals surface area contributed by atoms with E-state index in [1.165, 1.54) is 24.3 Å². The summed E-state index contributed by atoms with van der Waals surface area (Å²) in [5.74, 6) is -1.68. The Balaban J connectivity index is 1.94. The molecule has 3 rings (SSSR count). The number of halogens is 6. The van der Waals surface area contributed by atoms with Crippen molar-refractivity contribution < 1.29 is 27.5 Å². The van der Waals surface area contributed by atoms with E-state index in [0.29, 0.717) is 10.9 Å². The van der Waals surface area contributed by atoms with Crippen LogP contribution in [0.2, 0.25) is 15.1 Å². The molecule has 0 saturated heterocycles. The van der Waals surface area contributed by atoms with Gasteiger partial charge in [-0.1, -0.05) is 34.8 Å². The molecule has 1 heterocycles. The van der Waals surface area contributed by atoms with Crippen LogP contribution in [0.4, 0.5) is 13.2 Å². The molecule has 0 radical (unpaired) electrons. The Labute approximate surface area is 189 Å². The minimum Gasteiger partial charge on any atom is -0.462 e. The van der Waals surface area contributed by atoms with E-state index in [0.717, 1.165) is 12.1 Å². The molecule has 1 atom stereocenters. The van der Waals surface area contributed by atoms with Gasteiger partial charge in [0, 0.05) is 20.9 Å². The summed E-state index contributed by atoms with van der Waals surface area (Å²) in [6.45, 7) is 1.77. The third-order valence-electron chi connectivity index (χ3n) is 4.27. The summed E-state index contributed by atoms with van der Waals surface area (Å²) in [4.78, 5) is 27.3. The summed E-state index contributed by atoms with van der Waals surface area (Å²) < 4.78 is 45.8. The van der Waals surface area contributed by atoms with Crippen LogP contribution in [0.3, 0.4) is 0 Å². The lowest BCUT2D eigenvalue weighted by atomic mass is 10.1. The van der Waals surface area contributed by atoms with Crippen molar-refractivity contribution in [3.63, 3.8) is 0 Å². The predicted octanol–water partition coefficient (Wildman–Crippen LogP) is 6.34. The number of hydrogen-bond donors (Lipinski definition) is 2. The smallest absolute Gasteiger partial charge is 0.412 e. The zero-order valence-electron chi connectivity index (χ0n) is 15.7. The minimum absolute atomic E-state index is 0.00209. The number of fused-ring (bicyclic) bond motifs is 1. The van der Waals surface area contributed by atoms with Crippen LogP contribution < -0.4 is 5.32 Å². The number of aromatic amines is 1. The Morgan fingerprint density at radius 3 is 2.29 bits per heavy atom. The highest BCUT2D eigenvalue weighted by Gasteiger charge is 2.42. The maximum atomic E-state index is 13.6. The molecule has 5 nitrogen and oxygen atoms in total. The standard InChI is InChI=1S/C20H14Cl3F3N2O3/c1-2-31-19(30)13-5-9-6-16(27-15(9)8-14(13)23)18(29)28-17(20(24,25)26)10-3-11(21)7-12(22)4-10/h3-8,17,27H,2H2,1H3,(H,28,29). The normalized spacial score (nSPS) is 12.6. The molecule has 31 heavy (non-hydrogen) atoms. The van der Waals surface area contributed by atoms with Gasteiger partial charge in [-0.25, -0.2) is 4.79 Å². The number of benzene rings is 2. The summed E-state index contributed by atoms with van der Waals surface area (Å²) in [6.07, 6.45) is -4.81. The molecule has 164 valence electrons. The molecule has 0 aliphatic heterocycles. The van der Waals surface area contributed by atoms with E-state index in [1.54, 1.807) is 6.92 Å². The summed E-state index contributed by atoms with van der Waals surface area (Å²) >= 11 is 17.7. The van der Waals surface area contributed by atoms with E-state index in [2.05, 4.69) is 4.98 Å². The second kappa shape index (κ2) is 8.98. The van der Waals surface area contributed by atoms with Crippen LogP contribution in [0, 0.1) is 0 Å². The monoisotopic (exact) mass is 492 g/mol. The highest BCUT2D eigenvalue weighted by molar-refractivity contribution is 6.35. The first-order chi connectivity index (χ1) is 14.5. The Kier molecular flexibility index (Phi) is 6.73. The Morgan fingerprint density at radius 2 is 1.71 bits per heavy atom. The molecular formula is C20H14Cl3F3N2O3. The van der Waals surface area contributed by atoms with Crippen LogP contribution in [0.25, 0.3) is 10.9 Å². The molecule has 0 aliphatic rings. The average molecular weight is 494 g/mol. The van der Waals surface area contributed by atoms with Gasteiger partial charge in [-0.05, 0) is 48.9 Å². The van der Waals surface area contributed by atoms with Gasteiger partial charge in [-0.3, -0.25) is 4.79 Å². The summed E-state index contributed by atoms with van der Waals surface area (Å²) in [7, 11) is 0. The van der Waals surface area contributed by atoms with Crippen molar-refractivity contribution >= 4 is 57.6 Å². The van der Waals surface area contributed by atoms with Gasteiger partial charge >= 0.3 is 12.1 Å². The number of rotatable bonds is 5. The van der Waals surface area contributed by atoms with Crippen LogP contribution >= 0.6 is 34.8 Å². The summed E-state index contributed by atoms with van der Waals surface area (Å²) in [5, 5.41) is 2.40. The van der Waals surface area contributed by atoms with Gasteiger partial charge in [-0.2, -0.15) is 13.2 Å². The number of alkyl halides is 3. The number of H-pyrrole nitrogens is 1. The van der Waals surface area contributed by atoms with Crippen LogP contribution in [0.15, 0.2) is 36.4 Å². The number of nitrogens with one attached hydrogen (secondary N) is 2. The molecular weight excluding hydrogens is 480 g/mol. The number of hydrogen-bond acceptors (Lipinski definition) is 3. The topological polar surface area (TPSA) is 71.2 Å². The fourth-order valence-corrected chi connectivity index (χ4v) is 3.73. The molecule has 0 aliphatic carbocycles. The predicted molar refractivity (Wildman–Crippen MR) is 112 cm³/mol.